The zero-order chi connectivity index (χ0) is 20.9. The van der Waals surface area contributed by atoms with E-state index < -0.39 is 66.6 Å². The van der Waals surface area contributed by atoms with Crippen molar-refractivity contribution in [1.82, 2.24) is 9.97 Å². The van der Waals surface area contributed by atoms with Crippen LogP contribution in [0.1, 0.15) is 26.5 Å². The van der Waals surface area contributed by atoms with Crippen molar-refractivity contribution in [3.8, 4) is 0 Å². The lowest BCUT2D eigenvalue weighted by atomic mass is 10.0. The molecule has 0 aliphatic heterocycles. The summed E-state index contributed by atoms with van der Waals surface area (Å²) in [4.78, 5) is 31.4. The molecule has 1 aliphatic carbocycles. The zero-order valence-corrected chi connectivity index (χ0v) is 14.7. The average Bonchev–Trinajstić information content (AvgIpc) is 2.59. The number of benzene rings is 1. The summed E-state index contributed by atoms with van der Waals surface area (Å²) in [5, 5.41) is 2.03. The summed E-state index contributed by atoms with van der Waals surface area (Å²) < 4.78 is 76.8. The summed E-state index contributed by atoms with van der Waals surface area (Å²) in [7, 11) is -4.34. The number of carbonyl (C=O) groups excluding carboxylic acids is 2. The molecule has 1 heterocycles. The molecule has 0 fully saturated rings. The van der Waals surface area contributed by atoms with Crippen molar-refractivity contribution < 1.29 is 35.6 Å². The van der Waals surface area contributed by atoms with Crippen molar-refractivity contribution in [3.63, 3.8) is 0 Å². The Morgan fingerprint density at radius 2 is 1.57 bits per heavy atom. The van der Waals surface area contributed by atoms with E-state index in [0.29, 0.717) is 24.5 Å². The number of allylic oxidation sites excluding steroid dienone is 2. The van der Waals surface area contributed by atoms with Gasteiger partial charge in [-0.15, -0.1) is 0 Å². The molecule has 1 aliphatic rings. The Hall–Kier alpha value is -3.15. The van der Waals surface area contributed by atoms with E-state index in [-0.39, 0.29) is 0 Å². The molecule has 1 aromatic carbocycles. The topological polar surface area (TPSA) is 106 Å². The molecular weight excluding hydrogens is 406 g/mol. The van der Waals surface area contributed by atoms with Crippen molar-refractivity contribution in [3.05, 3.63) is 64.0 Å². The van der Waals surface area contributed by atoms with E-state index in [4.69, 9.17) is 0 Å². The molecule has 0 unspecified atom stereocenters. The van der Waals surface area contributed by atoms with Gasteiger partial charge in [-0.3, -0.25) is 9.59 Å². The van der Waals surface area contributed by atoms with Gasteiger partial charge in [0, 0.05) is 18.6 Å². The van der Waals surface area contributed by atoms with Gasteiger partial charge in [0.05, 0.1) is 11.3 Å². The van der Waals surface area contributed by atoms with Gasteiger partial charge in [-0.05, 0) is 18.2 Å². The fourth-order valence-corrected chi connectivity index (χ4v) is 3.46. The highest BCUT2D eigenvalue weighted by molar-refractivity contribution is 7.95. The number of nitrogens with one attached hydrogen (secondary N) is 1. The van der Waals surface area contributed by atoms with Crippen LogP contribution in [0.4, 0.5) is 23.2 Å². The number of hydrogen-bond acceptors (Lipinski definition) is 7. The van der Waals surface area contributed by atoms with Crippen LogP contribution in [0.3, 0.4) is 0 Å². The minimum atomic E-state index is -4.82. The molecule has 0 radical (unpaired) electrons. The second-order valence-corrected chi connectivity index (χ2v) is 7.66. The Balaban J connectivity index is 2.21. The second-order valence-electron chi connectivity index (χ2n) is 5.71. The van der Waals surface area contributed by atoms with Crippen molar-refractivity contribution in [2.75, 3.05) is 11.6 Å². The summed E-state index contributed by atoms with van der Waals surface area (Å²) in [5.41, 5.74) is -4.01. The Labute approximate surface area is 155 Å². The molecule has 146 valence electrons. The first kappa shape index (κ1) is 19.6. The Morgan fingerprint density at radius 1 is 1.00 bits per heavy atom. The second kappa shape index (κ2) is 6.48. The van der Waals surface area contributed by atoms with Gasteiger partial charge in [-0.1, -0.05) is 0 Å². The standard InChI is InChI=1S/C16H9F4N3O4S/c1-28(26,27)15-12(13(24)10-11(14(15)25)22-5-4-21-10)23-9-6-7(16(18,19)20)2-3-8(9)17/h2-6,23H,1H3. The van der Waals surface area contributed by atoms with Gasteiger partial charge in [0.15, 0.2) is 9.84 Å². The maximum Gasteiger partial charge on any atom is 0.416 e. The van der Waals surface area contributed by atoms with Gasteiger partial charge in [-0.25, -0.2) is 22.8 Å². The summed E-state index contributed by atoms with van der Waals surface area (Å²) in [6.45, 7) is 0. The van der Waals surface area contributed by atoms with E-state index in [1.54, 1.807) is 0 Å². The molecule has 3 rings (SSSR count). The molecule has 7 nitrogen and oxygen atoms in total. The third kappa shape index (κ3) is 3.38. The van der Waals surface area contributed by atoms with Gasteiger partial charge < -0.3 is 5.32 Å². The fourth-order valence-electron chi connectivity index (χ4n) is 2.51. The molecular formula is C16H9F4N3O4S. The molecule has 0 saturated heterocycles. The number of anilines is 1. The predicted octanol–water partition coefficient (Wildman–Crippen LogP) is 2.38. The number of rotatable bonds is 3. The number of hydrogen-bond donors (Lipinski definition) is 1. The molecule has 0 bridgehead atoms. The molecule has 0 saturated carbocycles. The number of nitrogens with zero attached hydrogens (tertiary/aromatic N) is 2. The minimum absolute atomic E-state index is 0.353. The molecule has 2 aromatic rings. The van der Waals surface area contributed by atoms with Crippen molar-refractivity contribution in [2.24, 2.45) is 0 Å². The summed E-state index contributed by atoms with van der Waals surface area (Å²) in [6.07, 6.45) is -2.06. The number of aromatic nitrogens is 2. The Bertz CT molecular complexity index is 1160. The monoisotopic (exact) mass is 415 g/mol. The Kier molecular flexibility index (Phi) is 4.54. The molecule has 0 atom stereocenters. The first-order chi connectivity index (χ1) is 12.9. The first-order valence-electron chi connectivity index (χ1n) is 7.39. The van der Waals surface area contributed by atoms with Crippen molar-refractivity contribution in [1.29, 1.82) is 0 Å². The van der Waals surface area contributed by atoms with E-state index in [2.05, 4.69) is 9.97 Å². The van der Waals surface area contributed by atoms with Crippen LogP contribution < -0.4 is 5.32 Å². The number of sulfone groups is 1. The average molecular weight is 415 g/mol. The third-order valence-corrected chi connectivity index (χ3v) is 4.84. The van der Waals surface area contributed by atoms with E-state index in [1.807, 2.05) is 5.32 Å². The summed E-state index contributed by atoms with van der Waals surface area (Å²) in [6, 6.07) is 1.32. The van der Waals surface area contributed by atoms with Gasteiger partial charge in [0.1, 0.15) is 27.8 Å². The number of fused-ring (bicyclic) bond motifs is 1. The number of carbonyl (C=O) groups is 2. The number of Topliss-reactive ketones (excluding diaryl/α,β-unsaturated/α-hetero) is 2. The smallest absolute Gasteiger partial charge is 0.349 e. The van der Waals surface area contributed by atoms with Gasteiger partial charge >= 0.3 is 6.18 Å². The van der Waals surface area contributed by atoms with E-state index in [1.165, 1.54) is 0 Å². The molecule has 1 N–H and O–H groups in total. The van der Waals surface area contributed by atoms with Crippen LogP contribution >= 0.6 is 0 Å². The van der Waals surface area contributed by atoms with Gasteiger partial charge in [-0.2, -0.15) is 13.2 Å². The SMILES string of the molecule is CS(=O)(=O)C1=C(Nc2cc(C(F)(F)F)ccc2F)C(=O)c2nccnc2C1=O. The van der Waals surface area contributed by atoms with Crippen molar-refractivity contribution >= 4 is 27.1 Å². The molecule has 12 heteroatoms. The normalized spacial score (nSPS) is 14.9. The van der Waals surface area contributed by atoms with Gasteiger partial charge in [0.2, 0.25) is 11.6 Å². The number of alkyl halides is 3. The van der Waals surface area contributed by atoms with Crippen LogP contribution in [0.15, 0.2) is 41.2 Å². The highest BCUT2D eigenvalue weighted by Crippen LogP contribution is 2.34. The van der Waals surface area contributed by atoms with Crippen LogP contribution in [0, 0.1) is 5.82 Å². The number of ketones is 2. The van der Waals surface area contributed by atoms with Gasteiger partial charge in [0.25, 0.3) is 0 Å². The zero-order valence-electron chi connectivity index (χ0n) is 13.8. The number of halogens is 4. The molecule has 28 heavy (non-hydrogen) atoms. The van der Waals surface area contributed by atoms with Crippen molar-refractivity contribution in [2.45, 2.75) is 6.18 Å². The first-order valence-corrected chi connectivity index (χ1v) is 9.29. The third-order valence-electron chi connectivity index (χ3n) is 3.71. The van der Waals surface area contributed by atoms with E-state index >= 15 is 0 Å². The van der Waals surface area contributed by atoms with Crippen LogP contribution in [0.25, 0.3) is 0 Å². The quantitative estimate of drug-likeness (QED) is 0.768. The van der Waals surface area contributed by atoms with Crippen LogP contribution in [0.5, 0.6) is 0 Å². The molecule has 1 aromatic heterocycles. The lowest BCUT2D eigenvalue weighted by Gasteiger charge is -2.20. The minimum Gasteiger partial charge on any atom is -0.349 e. The lowest BCUT2D eigenvalue weighted by molar-refractivity contribution is -0.137. The van der Waals surface area contributed by atoms with Crippen LogP contribution in [0.2, 0.25) is 0 Å². The highest BCUT2D eigenvalue weighted by atomic mass is 32.2. The molecule has 0 spiro atoms. The molecule has 0 amide bonds. The summed E-state index contributed by atoms with van der Waals surface area (Å²) in [5.74, 6) is -3.50. The predicted molar refractivity (Wildman–Crippen MR) is 87.6 cm³/mol. The maximum atomic E-state index is 14.0. The largest absolute Gasteiger partial charge is 0.416 e. The fraction of sp³-hybridized carbons (Fsp3) is 0.125. The van der Waals surface area contributed by atoms with E-state index in [0.717, 1.165) is 12.4 Å². The van der Waals surface area contributed by atoms with E-state index in [9.17, 15) is 35.6 Å². The van der Waals surface area contributed by atoms with Crippen LogP contribution in [-0.4, -0.2) is 36.2 Å². The summed E-state index contributed by atoms with van der Waals surface area (Å²) >= 11 is 0. The lowest BCUT2D eigenvalue weighted by Crippen LogP contribution is -2.31. The highest BCUT2D eigenvalue weighted by Gasteiger charge is 2.40. The Morgan fingerprint density at radius 3 is 2.11 bits per heavy atom. The maximum absolute atomic E-state index is 14.0. The van der Waals surface area contributed by atoms with Crippen LogP contribution in [-0.2, 0) is 16.0 Å².